The third-order valence-electron chi connectivity index (χ3n) is 5.61. The van der Waals surface area contributed by atoms with Gasteiger partial charge in [0, 0.05) is 23.8 Å². The van der Waals surface area contributed by atoms with Gasteiger partial charge in [0.15, 0.2) is 6.61 Å². The van der Waals surface area contributed by atoms with Gasteiger partial charge in [0.2, 0.25) is 0 Å². The van der Waals surface area contributed by atoms with E-state index in [1.54, 1.807) is 0 Å². The molecule has 1 aliphatic rings. The number of ether oxygens (including phenoxy) is 1. The Morgan fingerprint density at radius 1 is 1.00 bits per heavy atom. The lowest BCUT2D eigenvalue weighted by Crippen LogP contribution is -2.26. The lowest BCUT2D eigenvalue weighted by atomic mass is 10.0. The Morgan fingerprint density at radius 3 is 2.55 bits per heavy atom. The molecule has 0 saturated heterocycles. The number of hydrogen-bond acceptors (Lipinski definition) is 3. The van der Waals surface area contributed by atoms with Gasteiger partial charge in [-0.3, -0.25) is 4.79 Å². The van der Waals surface area contributed by atoms with Crippen LogP contribution in [0.15, 0.2) is 60.7 Å². The van der Waals surface area contributed by atoms with Crippen molar-refractivity contribution in [3.8, 4) is 5.75 Å². The SMILES string of the molecule is Cc1ccc(NC(=O)COc2ccc3ccccc3c2CNC2CCCC2)cc1. The molecule has 1 amide bonds. The minimum Gasteiger partial charge on any atom is -0.483 e. The number of fused-ring (bicyclic) bond motifs is 1. The summed E-state index contributed by atoms with van der Waals surface area (Å²) in [6, 6.07) is 20.7. The highest BCUT2D eigenvalue weighted by atomic mass is 16.5. The highest BCUT2D eigenvalue weighted by Crippen LogP contribution is 2.29. The summed E-state index contributed by atoms with van der Waals surface area (Å²) in [5.41, 5.74) is 3.07. The number of anilines is 1. The number of carbonyl (C=O) groups is 1. The summed E-state index contributed by atoms with van der Waals surface area (Å²) in [7, 11) is 0. The fourth-order valence-corrected chi connectivity index (χ4v) is 3.99. The molecule has 1 aliphatic carbocycles. The first-order valence-corrected chi connectivity index (χ1v) is 10.4. The lowest BCUT2D eigenvalue weighted by Gasteiger charge is -2.17. The number of amides is 1. The molecule has 0 atom stereocenters. The van der Waals surface area contributed by atoms with Crippen LogP contribution in [0.25, 0.3) is 10.8 Å². The van der Waals surface area contributed by atoms with Crippen LogP contribution in [0.3, 0.4) is 0 Å². The second kappa shape index (κ2) is 9.10. The number of aryl methyl sites for hydroxylation is 1. The second-order valence-corrected chi connectivity index (χ2v) is 7.83. The molecular formula is C25H28N2O2. The van der Waals surface area contributed by atoms with Crippen LogP contribution in [0.1, 0.15) is 36.8 Å². The summed E-state index contributed by atoms with van der Waals surface area (Å²) >= 11 is 0. The van der Waals surface area contributed by atoms with Gasteiger partial charge in [-0.2, -0.15) is 0 Å². The van der Waals surface area contributed by atoms with Crippen molar-refractivity contribution in [2.24, 2.45) is 0 Å². The van der Waals surface area contributed by atoms with Crippen molar-refractivity contribution in [1.82, 2.24) is 5.32 Å². The van der Waals surface area contributed by atoms with Crippen LogP contribution in [0, 0.1) is 6.92 Å². The molecule has 0 aromatic heterocycles. The molecule has 0 spiro atoms. The first-order chi connectivity index (χ1) is 14.2. The van der Waals surface area contributed by atoms with Crippen LogP contribution in [-0.2, 0) is 11.3 Å². The average molecular weight is 389 g/mol. The van der Waals surface area contributed by atoms with Crippen molar-refractivity contribution >= 4 is 22.4 Å². The van der Waals surface area contributed by atoms with E-state index in [-0.39, 0.29) is 12.5 Å². The average Bonchev–Trinajstić information content (AvgIpc) is 3.26. The van der Waals surface area contributed by atoms with E-state index >= 15 is 0 Å². The minimum absolute atomic E-state index is 0.0113. The maximum atomic E-state index is 12.4. The van der Waals surface area contributed by atoms with Crippen LogP contribution in [0.2, 0.25) is 0 Å². The molecule has 0 bridgehead atoms. The zero-order chi connectivity index (χ0) is 20.1. The number of benzene rings is 3. The van der Waals surface area contributed by atoms with Crippen LogP contribution < -0.4 is 15.4 Å². The molecule has 4 nitrogen and oxygen atoms in total. The van der Waals surface area contributed by atoms with Gasteiger partial charge in [0.25, 0.3) is 5.91 Å². The Bertz CT molecular complexity index is 976. The third kappa shape index (κ3) is 4.96. The van der Waals surface area contributed by atoms with Crippen molar-refractivity contribution in [1.29, 1.82) is 0 Å². The first kappa shape index (κ1) is 19.5. The zero-order valence-electron chi connectivity index (χ0n) is 16.9. The van der Waals surface area contributed by atoms with E-state index in [9.17, 15) is 4.79 Å². The normalized spacial score (nSPS) is 14.2. The Balaban J connectivity index is 1.47. The molecule has 3 aromatic carbocycles. The predicted octanol–water partition coefficient (Wildman–Crippen LogP) is 5.20. The molecular weight excluding hydrogens is 360 g/mol. The summed E-state index contributed by atoms with van der Waals surface area (Å²) in [6.45, 7) is 2.76. The fourth-order valence-electron chi connectivity index (χ4n) is 3.99. The van der Waals surface area contributed by atoms with Gasteiger partial charge in [-0.05, 0) is 48.7 Å². The summed E-state index contributed by atoms with van der Waals surface area (Å²) in [5, 5.41) is 8.94. The first-order valence-electron chi connectivity index (χ1n) is 10.4. The molecule has 0 unspecified atom stereocenters. The summed E-state index contributed by atoms with van der Waals surface area (Å²) in [6.07, 6.45) is 5.07. The van der Waals surface area contributed by atoms with E-state index in [4.69, 9.17) is 4.74 Å². The third-order valence-corrected chi connectivity index (χ3v) is 5.61. The largest absolute Gasteiger partial charge is 0.483 e. The summed E-state index contributed by atoms with van der Waals surface area (Å²) < 4.78 is 5.97. The van der Waals surface area contributed by atoms with E-state index in [0.717, 1.165) is 29.1 Å². The van der Waals surface area contributed by atoms with Crippen molar-refractivity contribution in [3.05, 3.63) is 71.8 Å². The van der Waals surface area contributed by atoms with Crippen molar-refractivity contribution in [3.63, 3.8) is 0 Å². The molecule has 0 aliphatic heterocycles. The second-order valence-electron chi connectivity index (χ2n) is 7.83. The molecule has 0 heterocycles. The summed E-state index contributed by atoms with van der Waals surface area (Å²) in [5.74, 6) is 0.616. The van der Waals surface area contributed by atoms with Gasteiger partial charge >= 0.3 is 0 Å². The highest BCUT2D eigenvalue weighted by molar-refractivity contribution is 5.92. The maximum Gasteiger partial charge on any atom is 0.262 e. The Kier molecular flexibility index (Phi) is 6.11. The van der Waals surface area contributed by atoms with Gasteiger partial charge in [0.1, 0.15) is 5.75 Å². The van der Waals surface area contributed by atoms with Crippen molar-refractivity contribution in [2.45, 2.75) is 45.2 Å². The standard InChI is InChI=1S/C25H28N2O2/c1-18-10-13-21(14-11-18)27-25(28)17-29-24-15-12-19-6-2-5-9-22(19)23(24)16-26-20-7-3-4-8-20/h2,5-6,9-15,20,26H,3-4,7-8,16-17H2,1H3,(H,27,28). The lowest BCUT2D eigenvalue weighted by molar-refractivity contribution is -0.118. The molecule has 4 heteroatoms. The minimum atomic E-state index is -0.156. The van der Waals surface area contributed by atoms with E-state index in [1.807, 2.05) is 43.3 Å². The molecule has 3 aromatic rings. The molecule has 2 N–H and O–H groups in total. The van der Waals surface area contributed by atoms with E-state index in [1.165, 1.54) is 36.5 Å². The van der Waals surface area contributed by atoms with Crippen LogP contribution in [-0.4, -0.2) is 18.6 Å². The predicted molar refractivity (Wildman–Crippen MR) is 118 cm³/mol. The van der Waals surface area contributed by atoms with Gasteiger partial charge in [-0.15, -0.1) is 0 Å². The topological polar surface area (TPSA) is 50.4 Å². The van der Waals surface area contributed by atoms with Gasteiger partial charge < -0.3 is 15.4 Å². The number of nitrogens with one attached hydrogen (secondary N) is 2. The molecule has 4 rings (SSSR count). The maximum absolute atomic E-state index is 12.4. The monoisotopic (exact) mass is 388 g/mol. The number of carbonyl (C=O) groups excluding carboxylic acids is 1. The Labute approximate surface area is 172 Å². The van der Waals surface area contributed by atoms with Gasteiger partial charge in [-0.1, -0.05) is 60.9 Å². The number of rotatable bonds is 7. The smallest absolute Gasteiger partial charge is 0.262 e. The molecule has 29 heavy (non-hydrogen) atoms. The fraction of sp³-hybridized carbons (Fsp3) is 0.320. The molecule has 150 valence electrons. The molecule has 1 saturated carbocycles. The Hall–Kier alpha value is -2.85. The van der Waals surface area contributed by atoms with Crippen molar-refractivity contribution in [2.75, 3.05) is 11.9 Å². The Morgan fingerprint density at radius 2 is 1.76 bits per heavy atom. The van der Waals surface area contributed by atoms with Crippen LogP contribution >= 0.6 is 0 Å². The zero-order valence-corrected chi connectivity index (χ0v) is 16.9. The van der Waals surface area contributed by atoms with Crippen molar-refractivity contribution < 1.29 is 9.53 Å². The molecule has 0 radical (unpaired) electrons. The van der Waals surface area contributed by atoms with Gasteiger partial charge in [-0.25, -0.2) is 0 Å². The van der Waals surface area contributed by atoms with E-state index < -0.39 is 0 Å². The van der Waals surface area contributed by atoms with Gasteiger partial charge in [0.05, 0.1) is 0 Å². The van der Waals surface area contributed by atoms with Crippen LogP contribution in [0.4, 0.5) is 5.69 Å². The van der Waals surface area contributed by atoms with E-state index in [2.05, 4.69) is 34.9 Å². The highest BCUT2D eigenvalue weighted by Gasteiger charge is 2.16. The number of hydrogen-bond donors (Lipinski definition) is 2. The van der Waals surface area contributed by atoms with Crippen LogP contribution in [0.5, 0.6) is 5.75 Å². The summed E-state index contributed by atoms with van der Waals surface area (Å²) in [4.78, 5) is 12.4. The molecule has 1 fully saturated rings. The quantitative estimate of drug-likeness (QED) is 0.585. The van der Waals surface area contributed by atoms with E-state index in [0.29, 0.717) is 6.04 Å².